The zero-order valence-corrected chi connectivity index (χ0v) is 21.9. The number of nitrogens with zero attached hydrogens (tertiary/aromatic N) is 4. The van der Waals surface area contributed by atoms with Gasteiger partial charge in [-0.05, 0) is 63.0 Å². The van der Waals surface area contributed by atoms with Crippen LogP contribution in [0.3, 0.4) is 0 Å². The van der Waals surface area contributed by atoms with E-state index < -0.39 is 0 Å². The Kier molecular flexibility index (Phi) is 5.38. The summed E-state index contributed by atoms with van der Waals surface area (Å²) >= 11 is 0. The van der Waals surface area contributed by atoms with Crippen molar-refractivity contribution in [1.82, 2.24) is 20.2 Å². The lowest BCUT2D eigenvalue weighted by atomic mass is 9.86. The molecule has 0 N–H and O–H groups in total. The van der Waals surface area contributed by atoms with Gasteiger partial charge >= 0.3 is 0 Å². The molecule has 2 aromatic heterocycles. The Balaban J connectivity index is 1.31. The van der Waals surface area contributed by atoms with Crippen LogP contribution in [0, 0.1) is 0 Å². The first-order chi connectivity index (χ1) is 20.3. The molecule has 8 rings (SSSR count). The Morgan fingerprint density at radius 3 is 1.51 bits per heavy atom. The summed E-state index contributed by atoms with van der Waals surface area (Å²) in [5.41, 5.74) is 7.06. The second-order valence-corrected chi connectivity index (χ2v) is 9.94. The minimum Gasteiger partial charge on any atom is -0.416 e. The topological polar surface area (TPSA) is 64.7 Å². The number of fused-ring (bicyclic) bond motifs is 3. The summed E-state index contributed by atoms with van der Waals surface area (Å²) in [6.07, 6.45) is 1.66. The van der Waals surface area contributed by atoms with Gasteiger partial charge in [0.1, 0.15) is 6.33 Å². The van der Waals surface area contributed by atoms with Crippen molar-refractivity contribution in [3.63, 3.8) is 0 Å². The number of aromatic nitrogens is 4. The molecule has 2 heterocycles. The smallest absolute Gasteiger partial charge is 0.248 e. The molecule has 0 atom stereocenters. The van der Waals surface area contributed by atoms with E-state index in [-0.39, 0.29) is 0 Å². The molecule has 0 fully saturated rings. The normalized spacial score (nSPS) is 11.4. The Labute approximate surface area is 235 Å². The van der Waals surface area contributed by atoms with Gasteiger partial charge in [-0.25, -0.2) is 9.97 Å². The van der Waals surface area contributed by atoms with Gasteiger partial charge in [0, 0.05) is 22.1 Å². The van der Waals surface area contributed by atoms with E-state index in [4.69, 9.17) is 9.40 Å². The first-order valence-electron chi connectivity index (χ1n) is 13.5. The van der Waals surface area contributed by atoms with Gasteiger partial charge in [0.2, 0.25) is 11.8 Å². The van der Waals surface area contributed by atoms with Gasteiger partial charge in [0.05, 0.1) is 11.2 Å². The predicted octanol–water partition coefficient (Wildman–Crippen LogP) is 8.99. The first-order valence-corrected chi connectivity index (χ1v) is 13.5. The van der Waals surface area contributed by atoms with E-state index in [2.05, 4.69) is 81.9 Å². The van der Waals surface area contributed by atoms with Crippen LogP contribution in [0.2, 0.25) is 0 Å². The Bertz CT molecular complexity index is 2140. The zero-order valence-electron chi connectivity index (χ0n) is 21.9. The molecule has 5 nitrogen and oxygen atoms in total. The Hall–Kier alpha value is -5.68. The van der Waals surface area contributed by atoms with E-state index in [1.807, 2.05) is 60.7 Å². The molecule has 0 radical (unpaired) electrons. The van der Waals surface area contributed by atoms with E-state index >= 15 is 0 Å². The molecule has 0 aliphatic rings. The summed E-state index contributed by atoms with van der Waals surface area (Å²) in [7, 11) is 0. The fraction of sp³-hybridized carbons (Fsp3) is 0. The molecule has 0 spiro atoms. The maximum Gasteiger partial charge on any atom is 0.248 e. The standard InChI is InChI=1S/C36H22N4O/c1-2-10-24(11-3-1)35-39-40-36(41-35)25-20-18-23(19-21-25)32-26-12-4-6-14-28(26)33(29-15-7-5-13-27(29)32)34-30-16-8-9-17-31(30)37-22-38-34/h1-22H. The average Bonchev–Trinajstić information content (AvgIpc) is 3.55. The van der Waals surface area contributed by atoms with E-state index in [9.17, 15) is 0 Å². The fourth-order valence-corrected chi connectivity index (χ4v) is 5.72. The maximum atomic E-state index is 6.01. The molecule has 0 aliphatic heterocycles. The van der Waals surface area contributed by atoms with E-state index in [0.29, 0.717) is 11.8 Å². The molecule has 41 heavy (non-hydrogen) atoms. The molecule has 0 unspecified atom stereocenters. The van der Waals surface area contributed by atoms with Crippen LogP contribution < -0.4 is 0 Å². The molecule has 6 aromatic carbocycles. The highest BCUT2D eigenvalue weighted by atomic mass is 16.4. The van der Waals surface area contributed by atoms with Crippen molar-refractivity contribution in [1.29, 1.82) is 0 Å². The highest BCUT2D eigenvalue weighted by molar-refractivity contribution is 6.22. The monoisotopic (exact) mass is 526 g/mol. The molecular formula is C36H22N4O. The lowest BCUT2D eigenvalue weighted by Crippen LogP contribution is -1.94. The molecule has 8 aromatic rings. The molecule has 5 heteroatoms. The lowest BCUT2D eigenvalue weighted by Gasteiger charge is -2.18. The highest BCUT2D eigenvalue weighted by Gasteiger charge is 2.19. The van der Waals surface area contributed by atoms with Crippen molar-refractivity contribution in [3.8, 4) is 45.3 Å². The molecule has 0 saturated heterocycles. The zero-order chi connectivity index (χ0) is 27.2. The van der Waals surface area contributed by atoms with Crippen molar-refractivity contribution in [2.24, 2.45) is 0 Å². The van der Waals surface area contributed by atoms with Crippen LogP contribution in [0.4, 0.5) is 0 Å². The van der Waals surface area contributed by atoms with Gasteiger partial charge in [-0.1, -0.05) is 97.1 Å². The molecule has 0 bridgehead atoms. The van der Waals surface area contributed by atoms with Crippen molar-refractivity contribution in [2.45, 2.75) is 0 Å². The van der Waals surface area contributed by atoms with Crippen molar-refractivity contribution < 1.29 is 4.42 Å². The minimum atomic E-state index is 0.496. The summed E-state index contributed by atoms with van der Waals surface area (Å²) in [4.78, 5) is 9.33. The third-order valence-electron chi connectivity index (χ3n) is 7.58. The van der Waals surface area contributed by atoms with Gasteiger partial charge in [-0.3, -0.25) is 0 Å². The van der Waals surface area contributed by atoms with Crippen molar-refractivity contribution >= 4 is 32.4 Å². The summed E-state index contributed by atoms with van der Waals surface area (Å²) in [6.45, 7) is 0. The molecular weight excluding hydrogens is 504 g/mol. The van der Waals surface area contributed by atoms with Crippen LogP contribution in [-0.4, -0.2) is 20.2 Å². The minimum absolute atomic E-state index is 0.496. The Morgan fingerprint density at radius 1 is 0.390 bits per heavy atom. The second kappa shape index (κ2) is 9.50. The largest absolute Gasteiger partial charge is 0.416 e. The van der Waals surface area contributed by atoms with Crippen LogP contribution in [-0.2, 0) is 0 Å². The van der Waals surface area contributed by atoms with Gasteiger partial charge in [0.25, 0.3) is 0 Å². The SMILES string of the molecule is c1ccc(-c2nnc(-c3ccc(-c4c5ccccc5c(-c5ncnc6ccccc56)c5ccccc45)cc3)o2)cc1. The van der Waals surface area contributed by atoms with Crippen LogP contribution >= 0.6 is 0 Å². The second-order valence-electron chi connectivity index (χ2n) is 9.94. The summed E-state index contributed by atoms with van der Waals surface area (Å²) in [5.74, 6) is 1.01. The fourth-order valence-electron chi connectivity index (χ4n) is 5.72. The number of para-hydroxylation sites is 1. The van der Waals surface area contributed by atoms with Crippen molar-refractivity contribution in [2.75, 3.05) is 0 Å². The summed E-state index contributed by atoms with van der Waals surface area (Å²) in [5, 5.41) is 14.2. The lowest BCUT2D eigenvalue weighted by molar-refractivity contribution is 0.584. The van der Waals surface area contributed by atoms with Crippen LogP contribution in [0.5, 0.6) is 0 Å². The number of rotatable bonds is 4. The molecule has 192 valence electrons. The number of hydrogen-bond donors (Lipinski definition) is 0. The third-order valence-corrected chi connectivity index (χ3v) is 7.58. The van der Waals surface area contributed by atoms with Crippen LogP contribution in [0.15, 0.2) is 138 Å². The summed E-state index contributed by atoms with van der Waals surface area (Å²) < 4.78 is 6.01. The first kappa shape index (κ1) is 23.2. The predicted molar refractivity (Wildman–Crippen MR) is 164 cm³/mol. The Morgan fingerprint density at radius 2 is 0.878 bits per heavy atom. The molecule has 0 saturated carbocycles. The van der Waals surface area contributed by atoms with Crippen molar-refractivity contribution in [3.05, 3.63) is 134 Å². The maximum absolute atomic E-state index is 6.01. The van der Waals surface area contributed by atoms with E-state index in [1.165, 1.54) is 16.3 Å². The average molecular weight is 527 g/mol. The van der Waals surface area contributed by atoms with Gasteiger partial charge in [0.15, 0.2) is 0 Å². The van der Waals surface area contributed by atoms with Crippen LogP contribution in [0.25, 0.3) is 77.7 Å². The van der Waals surface area contributed by atoms with Gasteiger partial charge in [-0.15, -0.1) is 10.2 Å². The van der Waals surface area contributed by atoms with Gasteiger partial charge in [-0.2, -0.15) is 0 Å². The highest BCUT2D eigenvalue weighted by Crippen LogP contribution is 2.44. The number of hydrogen-bond acceptors (Lipinski definition) is 5. The van der Waals surface area contributed by atoms with Crippen LogP contribution in [0.1, 0.15) is 0 Å². The van der Waals surface area contributed by atoms with Gasteiger partial charge < -0.3 is 4.42 Å². The third kappa shape index (κ3) is 3.86. The summed E-state index contributed by atoms with van der Waals surface area (Å²) in [6, 6.07) is 43.5. The molecule has 0 aliphatic carbocycles. The molecule has 0 amide bonds. The van der Waals surface area contributed by atoms with E-state index in [0.717, 1.165) is 49.6 Å². The number of benzene rings is 6. The quantitative estimate of drug-likeness (QED) is 0.214. The van der Waals surface area contributed by atoms with E-state index in [1.54, 1.807) is 6.33 Å².